The number of nitrogens with one attached hydrogen (secondary N) is 1. The van der Waals surface area contributed by atoms with Crippen LogP contribution in [0.15, 0.2) is 65.5 Å². The fourth-order valence-electron chi connectivity index (χ4n) is 2.17. The number of nitrogens with zero attached hydrogens (tertiary/aromatic N) is 1. The minimum Gasteiger partial charge on any atom is -0.478 e. The molecule has 5 nitrogen and oxygen atoms in total. The molecule has 0 fully saturated rings. The van der Waals surface area contributed by atoms with Crippen LogP contribution in [-0.2, 0) is 0 Å². The molecule has 3 aromatic rings. The zero-order valence-corrected chi connectivity index (χ0v) is 11.0. The molecule has 21 heavy (non-hydrogen) atoms. The lowest BCUT2D eigenvalue weighted by molar-refractivity contribution is 0.0697. The average molecular weight is 280 g/mol. The van der Waals surface area contributed by atoms with Crippen molar-refractivity contribution in [1.29, 1.82) is 0 Å². The molecule has 0 saturated heterocycles. The van der Waals surface area contributed by atoms with Crippen LogP contribution in [0.3, 0.4) is 0 Å². The van der Waals surface area contributed by atoms with Gasteiger partial charge < -0.3 is 5.11 Å². The van der Waals surface area contributed by atoms with Gasteiger partial charge in [0.15, 0.2) is 0 Å². The van der Waals surface area contributed by atoms with E-state index in [1.54, 1.807) is 16.8 Å². The molecule has 0 spiro atoms. The summed E-state index contributed by atoms with van der Waals surface area (Å²) in [5.41, 5.74) is 2.31. The third-order valence-corrected chi connectivity index (χ3v) is 3.17. The van der Waals surface area contributed by atoms with Gasteiger partial charge in [0.2, 0.25) is 0 Å². The molecule has 5 heteroatoms. The van der Waals surface area contributed by atoms with Crippen molar-refractivity contribution >= 4 is 5.97 Å². The molecule has 0 unspecified atom stereocenters. The summed E-state index contributed by atoms with van der Waals surface area (Å²) in [7, 11) is 0. The first-order valence-corrected chi connectivity index (χ1v) is 6.36. The van der Waals surface area contributed by atoms with Gasteiger partial charge >= 0.3 is 5.97 Å². The Morgan fingerprint density at radius 3 is 2.29 bits per heavy atom. The van der Waals surface area contributed by atoms with Crippen LogP contribution >= 0.6 is 0 Å². The first kappa shape index (κ1) is 12.9. The second kappa shape index (κ2) is 5.13. The van der Waals surface area contributed by atoms with E-state index in [0.29, 0.717) is 5.69 Å². The first-order valence-electron chi connectivity index (χ1n) is 6.36. The fraction of sp³-hybridized carbons (Fsp3) is 0. The summed E-state index contributed by atoms with van der Waals surface area (Å²) in [5, 5.41) is 11.6. The molecule has 104 valence electrons. The van der Waals surface area contributed by atoms with Crippen LogP contribution in [0, 0.1) is 0 Å². The van der Waals surface area contributed by atoms with Crippen molar-refractivity contribution in [2.24, 2.45) is 0 Å². The van der Waals surface area contributed by atoms with Gasteiger partial charge in [-0.1, -0.05) is 30.3 Å². The zero-order chi connectivity index (χ0) is 14.8. The highest BCUT2D eigenvalue weighted by Gasteiger charge is 2.09. The Labute approximate surface area is 120 Å². The molecule has 1 heterocycles. The zero-order valence-electron chi connectivity index (χ0n) is 11.0. The third kappa shape index (κ3) is 2.49. The highest BCUT2D eigenvalue weighted by molar-refractivity contribution is 5.87. The number of aromatic carboxylic acids is 1. The summed E-state index contributed by atoms with van der Waals surface area (Å²) < 4.78 is 1.64. The Morgan fingerprint density at radius 2 is 1.67 bits per heavy atom. The molecule has 0 saturated carbocycles. The summed E-state index contributed by atoms with van der Waals surface area (Å²) in [4.78, 5) is 22.5. The Hall–Kier alpha value is -3.08. The van der Waals surface area contributed by atoms with Gasteiger partial charge in [-0.05, 0) is 24.3 Å². The molecule has 0 bridgehead atoms. The lowest BCUT2D eigenvalue weighted by atomic mass is 10.1. The van der Waals surface area contributed by atoms with Crippen molar-refractivity contribution in [3.63, 3.8) is 0 Å². The van der Waals surface area contributed by atoms with Crippen molar-refractivity contribution in [3.05, 3.63) is 76.6 Å². The minimum atomic E-state index is -0.981. The molecule has 0 aliphatic heterocycles. The number of carboxylic acids is 1. The smallest absolute Gasteiger partial charge is 0.335 e. The van der Waals surface area contributed by atoms with Gasteiger partial charge in [-0.2, -0.15) is 0 Å². The van der Waals surface area contributed by atoms with E-state index in [1.807, 2.05) is 30.3 Å². The Kier molecular flexibility index (Phi) is 3.16. The van der Waals surface area contributed by atoms with Crippen molar-refractivity contribution in [1.82, 2.24) is 9.78 Å². The fourth-order valence-corrected chi connectivity index (χ4v) is 2.17. The maximum absolute atomic E-state index is 11.7. The van der Waals surface area contributed by atoms with Gasteiger partial charge in [-0.25, -0.2) is 4.79 Å². The SMILES string of the molecule is O=C(O)c1ccc(-n2[nH]c(=O)cc2-c2ccccc2)cc1. The number of aromatic nitrogens is 2. The van der Waals surface area contributed by atoms with E-state index in [0.717, 1.165) is 11.3 Å². The highest BCUT2D eigenvalue weighted by Crippen LogP contribution is 2.20. The number of hydrogen-bond acceptors (Lipinski definition) is 2. The van der Waals surface area contributed by atoms with E-state index in [-0.39, 0.29) is 11.1 Å². The van der Waals surface area contributed by atoms with Crippen LogP contribution in [0.25, 0.3) is 16.9 Å². The van der Waals surface area contributed by atoms with Crippen molar-refractivity contribution < 1.29 is 9.90 Å². The van der Waals surface area contributed by atoms with Crippen molar-refractivity contribution in [3.8, 4) is 16.9 Å². The predicted molar refractivity (Wildman–Crippen MR) is 78.8 cm³/mol. The quantitative estimate of drug-likeness (QED) is 0.774. The Morgan fingerprint density at radius 1 is 1.00 bits per heavy atom. The van der Waals surface area contributed by atoms with Crippen LogP contribution in [0.5, 0.6) is 0 Å². The monoisotopic (exact) mass is 280 g/mol. The molecular formula is C16H12N2O3. The molecule has 0 aliphatic carbocycles. The van der Waals surface area contributed by atoms with Crippen LogP contribution in [0.4, 0.5) is 0 Å². The molecule has 0 amide bonds. The van der Waals surface area contributed by atoms with Gasteiger partial charge in [0.1, 0.15) is 0 Å². The molecule has 3 rings (SSSR count). The lowest BCUT2D eigenvalue weighted by Gasteiger charge is -2.08. The summed E-state index contributed by atoms with van der Waals surface area (Å²) in [6.07, 6.45) is 0. The van der Waals surface area contributed by atoms with Crippen LogP contribution < -0.4 is 5.56 Å². The van der Waals surface area contributed by atoms with Crippen molar-refractivity contribution in [2.75, 3.05) is 0 Å². The largest absolute Gasteiger partial charge is 0.478 e. The number of rotatable bonds is 3. The summed E-state index contributed by atoms with van der Waals surface area (Å²) in [5.74, 6) is -0.981. The van der Waals surface area contributed by atoms with Gasteiger partial charge in [0.25, 0.3) is 5.56 Å². The highest BCUT2D eigenvalue weighted by atomic mass is 16.4. The van der Waals surface area contributed by atoms with Crippen LogP contribution in [-0.4, -0.2) is 20.9 Å². The standard InChI is InChI=1S/C16H12N2O3/c19-15-10-14(11-4-2-1-3-5-11)18(17-15)13-8-6-12(7-9-13)16(20)21/h1-10H,(H,17,19)(H,20,21). The van der Waals surface area contributed by atoms with E-state index >= 15 is 0 Å². The van der Waals surface area contributed by atoms with Gasteiger partial charge in [0.05, 0.1) is 16.9 Å². The van der Waals surface area contributed by atoms with Gasteiger partial charge in [-0.3, -0.25) is 14.6 Å². The number of H-pyrrole nitrogens is 1. The topological polar surface area (TPSA) is 75.1 Å². The predicted octanol–water partition coefficient (Wildman–Crippen LogP) is 2.53. The molecular weight excluding hydrogens is 268 g/mol. The Bertz CT molecular complexity index is 830. The summed E-state index contributed by atoms with van der Waals surface area (Å²) >= 11 is 0. The average Bonchev–Trinajstić information content (AvgIpc) is 2.90. The van der Waals surface area contributed by atoms with E-state index in [1.165, 1.54) is 18.2 Å². The maximum Gasteiger partial charge on any atom is 0.335 e. The number of benzene rings is 2. The minimum absolute atomic E-state index is 0.203. The van der Waals surface area contributed by atoms with Crippen LogP contribution in [0.1, 0.15) is 10.4 Å². The lowest BCUT2D eigenvalue weighted by Crippen LogP contribution is -2.05. The Balaban J connectivity index is 2.11. The van der Waals surface area contributed by atoms with Crippen LogP contribution in [0.2, 0.25) is 0 Å². The van der Waals surface area contributed by atoms with E-state index in [2.05, 4.69) is 5.10 Å². The second-order valence-electron chi connectivity index (χ2n) is 4.56. The number of hydrogen-bond donors (Lipinski definition) is 2. The van der Waals surface area contributed by atoms with E-state index in [9.17, 15) is 9.59 Å². The van der Waals surface area contributed by atoms with Crippen molar-refractivity contribution in [2.45, 2.75) is 0 Å². The maximum atomic E-state index is 11.7. The molecule has 0 aliphatic rings. The normalized spacial score (nSPS) is 10.5. The third-order valence-electron chi connectivity index (χ3n) is 3.17. The first-order chi connectivity index (χ1) is 10.1. The summed E-state index contributed by atoms with van der Waals surface area (Å²) in [6, 6.07) is 17.3. The van der Waals surface area contributed by atoms with E-state index < -0.39 is 5.97 Å². The molecule has 0 radical (unpaired) electrons. The number of carbonyl (C=O) groups is 1. The second-order valence-corrected chi connectivity index (χ2v) is 4.56. The molecule has 2 aromatic carbocycles. The molecule has 2 N–H and O–H groups in total. The van der Waals surface area contributed by atoms with E-state index in [4.69, 9.17) is 5.11 Å². The van der Waals surface area contributed by atoms with Gasteiger partial charge in [0, 0.05) is 11.6 Å². The number of aromatic amines is 1. The molecule has 0 atom stereocenters. The summed E-state index contributed by atoms with van der Waals surface area (Å²) in [6.45, 7) is 0. The van der Waals surface area contributed by atoms with Gasteiger partial charge in [-0.15, -0.1) is 0 Å². The number of carboxylic acid groups (broad SMARTS) is 1. The molecule has 1 aromatic heterocycles.